The molecule has 0 bridgehead atoms. The summed E-state index contributed by atoms with van der Waals surface area (Å²) in [6, 6.07) is 10.9. The van der Waals surface area contributed by atoms with Crippen LogP contribution in [-0.2, 0) is 6.42 Å². The van der Waals surface area contributed by atoms with E-state index in [-0.39, 0.29) is 5.69 Å². The van der Waals surface area contributed by atoms with Gasteiger partial charge in [0.1, 0.15) is 17.6 Å². The van der Waals surface area contributed by atoms with Crippen molar-refractivity contribution in [1.82, 2.24) is 25.1 Å². The minimum atomic E-state index is 0.271. The van der Waals surface area contributed by atoms with E-state index in [2.05, 4.69) is 62.4 Å². The molecule has 0 saturated carbocycles. The molecule has 4 rings (SSSR count). The van der Waals surface area contributed by atoms with E-state index in [9.17, 15) is 0 Å². The number of nitrogens with one attached hydrogen (secondary N) is 2. The molecule has 1 atom stereocenters. The van der Waals surface area contributed by atoms with Crippen LogP contribution in [0.1, 0.15) is 31.5 Å². The molecule has 0 spiro atoms. The second-order valence-electron chi connectivity index (χ2n) is 8.17. The molecular formula is C23H27N7O. The number of benzene rings is 1. The average Bonchev–Trinajstić information content (AvgIpc) is 3.44. The highest BCUT2D eigenvalue weighted by atomic mass is 16.5. The monoisotopic (exact) mass is 417 g/mol. The summed E-state index contributed by atoms with van der Waals surface area (Å²) in [4.78, 5) is 10.7. The third kappa shape index (κ3) is 4.84. The Kier molecular flexibility index (Phi) is 6.14. The molecule has 2 aromatic heterocycles. The van der Waals surface area contributed by atoms with Crippen LogP contribution in [0.5, 0.6) is 5.75 Å². The quantitative estimate of drug-likeness (QED) is 0.603. The van der Waals surface area contributed by atoms with Crippen molar-refractivity contribution in [3.05, 3.63) is 47.9 Å². The summed E-state index contributed by atoms with van der Waals surface area (Å²) in [7, 11) is 1.69. The van der Waals surface area contributed by atoms with E-state index in [0.717, 1.165) is 30.0 Å². The Bertz CT molecular complexity index is 1070. The molecule has 0 unspecified atom stereocenters. The van der Waals surface area contributed by atoms with Gasteiger partial charge in [0.25, 0.3) is 0 Å². The van der Waals surface area contributed by atoms with Crippen molar-refractivity contribution in [1.29, 1.82) is 5.26 Å². The molecule has 8 nitrogen and oxygen atoms in total. The van der Waals surface area contributed by atoms with Crippen LogP contribution in [0.2, 0.25) is 0 Å². The van der Waals surface area contributed by atoms with Gasteiger partial charge in [0.2, 0.25) is 0 Å². The molecule has 160 valence electrons. The third-order valence-electron chi connectivity index (χ3n) is 5.73. The maximum atomic E-state index is 8.83. The Morgan fingerprint density at radius 2 is 2.13 bits per heavy atom. The number of rotatable bonds is 7. The first-order valence-corrected chi connectivity index (χ1v) is 10.5. The van der Waals surface area contributed by atoms with E-state index < -0.39 is 0 Å². The predicted octanol–water partition coefficient (Wildman–Crippen LogP) is 3.76. The molecule has 3 heterocycles. The van der Waals surface area contributed by atoms with Crippen LogP contribution < -0.4 is 10.1 Å². The molecule has 8 heteroatoms. The van der Waals surface area contributed by atoms with E-state index >= 15 is 0 Å². The van der Waals surface area contributed by atoms with Crippen molar-refractivity contribution >= 4 is 11.6 Å². The molecule has 0 aliphatic carbocycles. The number of anilines is 2. The molecule has 1 aliphatic rings. The third-order valence-corrected chi connectivity index (χ3v) is 5.73. The molecule has 1 aromatic carbocycles. The van der Waals surface area contributed by atoms with Crippen molar-refractivity contribution in [2.24, 2.45) is 5.92 Å². The Morgan fingerprint density at radius 3 is 2.81 bits per heavy atom. The Balaban J connectivity index is 1.46. The van der Waals surface area contributed by atoms with Gasteiger partial charge in [0, 0.05) is 24.2 Å². The number of methoxy groups -OCH3 is 1. The minimum Gasteiger partial charge on any atom is -0.496 e. The van der Waals surface area contributed by atoms with Gasteiger partial charge < -0.3 is 15.0 Å². The SMILES string of the molecule is COc1cc(C[C@@H]2CCN(C(C)C)C2)ccc1-c1cc(Nc2cnc(C#N)cn2)n[nH]1. The number of hydrogen-bond acceptors (Lipinski definition) is 7. The lowest BCUT2D eigenvalue weighted by Crippen LogP contribution is -2.28. The van der Waals surface area contributed by atoms with Crippen LogP contribution in [0.15, 0.2) is 36.7 Å². The van der Waals surface area contributed by atoms with Crippen molar-refractivity contribution in [2.75, 3.05) is 25.5 Å². The van der Waals surface area contributed by atoms with Crippen LogP contribution >= 0.6 is 0 Å². The van der Waals surface area contributed by atoms with Gasteiger partial charge in [0.05, 0.1) is 25.2 Å². The van der Waals surface area contributed by atoms with Crippen molar-refractivity contribution in [3.8, 4) is 23.1 Å². The van der Waals surface area contributed by atoms with Gasteiger partial charge in [-0.1, -0.05) is 6.07 Å². The zero-order valence-corrected chi connectivity index (χ0v) is 18.1. The second kappa shape index (κ2) is 9.14. The number of aromatic amines is 1. The topological polar surface area (TPSA) is 103 Å². The molecule has 0 radical (unpaired) electrons. The smallest absolute Gasteiger partial charge is 0.158 e. The highest BCUT2D eigenvalue weighted by molar-refractivity contribution is 5.71. The second-order valence-corrected chi connectivity index (χ2v) is 8.17. The summed E-state index contributed by atoms with van der Waals surface area (Å²) in [6.07, 6.45) is 5.23. The summed E-state index contributed by atoms with van der Waals surface area (Å²) < 4.78 is 5.69. The van der Waals surface area contributed by atoms with Crippen molar-refractivity contribution < 1.29 is 4.74 Å². The molecule has 0 amide bonds. The fourth-order valence-electron chi connectivity index (χ4n) is 4.02. The minimum absolute atomic E-state index is 0.271. The normalized spacial score (nSPS) is 16.4. The Hall–Kier alpha value is -3.44. The first-order chi connectivity index (χ1) is 15.1. The molecule has 1 saturated heterocycles. The van der Waals surface area contributed by atoms with Crippen molar-refractivity contribution in [3.63, 3.8) is 0 Å². The van der Waals surface area contributed by atoms with Gasteiger partial charge in [0.15, 0.2) is 11.5 Å². The fraction of sp³-hybridized carbons (Fsp3) is 0.391. The first-order valence-electron chi connectivity index (χ1n) is 10.5. The first kappa shape index (κ1) is 20.8. The summed E-state index contributed by atoms with van der Waals surface area (Å²) in [5, 5.41) is 19.3. The number of nitrogens with zero attached hydrogens (tertiary/aromatic N) is 5. The zero-order chi connectivity index (χ0) is 21.8. The van der Waals surface area contributed by atoms with Gasteiger partial charge in [-0.05, 0) is 56.8 Å². The molecule has 31 heavy (non-hydrogen) atoms. The lowest BCUT2D eigenvalue weighted by molar-refractivity contribution is 0.265. The zero-order valence-electron chi connectivity index (χ0n) is 18.1. The van der Waals surface area contributed by atoms with E-state index in [0.29, 0.717) is 23.6 Å². The van der Waals surface area contributed by atoms with Gasteiger partial charge in [-0.2, -0.15) is 10.4 Å². The van der Waals surface area contributed by atoms with Crippen LogP contribution in [0.25, 0.3) is 11.3 Å². The van der Waals surface area contributed by atoms with E-state index in [4.69, 9.17) is 10.00 Å². The van der Waals surface area contributed by atoms with Gasteiger partial charge in [-0.25, -0.2) is 9.97 Å². The highest BCUT2D eigenvalue weighted by Crippen LogP contribution is 2.32. The largest absolute Gasteiger partial charge is 0.496 e. The number of likely N-dealkylation sites (tertiary alicyclic amines) is 1. The van der Waals surface area contributed by atoms with Gasteiger partial charge >= 0.3 is 0 Å². The molecule has 3 aromatic rings. The Morgan fingerprint density at radius 1 is 1.26 bits per heavy atom. The maximum Gasteiger partial charge on any atom is 0.158 e. The standard InChI is InChI=1S/C23H27N7O/c1-15(2)30-7-6-17(14-30)8-16-4-5-19(21(9-16)31-3)20-10-22(29-28-20)27-23-13-25-18(11-24)12-26-23/h4-5,9-10,12-13,15,17H,6-8,14H2,1-3H3,(H2,26,27,28,29)/t17-/m0/s1. The fourth-order valence-corrected chi connectivity index (χ4v) is 4.02. The van der Waals surface area contributed by atoms with E-state index in [1.54, 1.807) is 7.11 Å². The molecule has 1 fully saturated rings. The number of H-pyrrole nitrogens is 1. The van der Waals surface area contributed by atoms with Gasteiger partial charge in [-0.3, -0.25) is 5.10 Å². The molecule has 1 aliphatic heterocycles. The molecular weight excluding hydrogens is 390 g/mol. The van der Waals surface area contributed by atoms with Gasteiger partial charge in [-0.15, -0.1) is 0 Å². The van der Waals surface area contributed by atoms with Crippen LogP contribution in [0.3, 0.4) is 0 Å². The summed E-state index contributed by atoms with van der Waals surface area (Å²) in [6.45, 7) is 6.88. The maximum absolute atomic E-state index is 8.83. The lowest BCUT2D eigenvalue weighted by atomic mass is 9.97. The number of ether oxygens (including phenoxy) is 1. The van der Waals surface area contributed by atoms with Crippen LogP contribution in [0, 0.1) is 17.2 Å². The Labute approximate surface area is 182 Å². The predicted molar refractivity (Wildman–Crippen MR) is 119 cm³/mol. The number of nitriles is 1. The number of hydrogen-bond donors (Lipinski definition) is 2. The summed E-state index contributed by atoms with van der Waals surface area (Å²) in [5.74, 6) is 2.64. The average molecular weight is 418 g/mol. The van der Waals surface area contributed by atoms with E-state index in [1.807, 2.05) is 12.1 Å². The lowest BCUT2D eigenvalue weighted by Gasteiger charge is -2.20. The van der Waals surface area contributed by atoms with Crippen LogP contribution in [-0.4, -0.2) is 51.3 Å². The van der Waals surface area contributed by atoms with Crippen LogP contribution in [0.4, 0.5) is 11.6 Å². The summed E-state index contributed by atoms with van der Waals surface area (Å²) >= 11 is 0. The van der Waals surface area contributed by atoms with E-state index in [1.165, 1.54) is 30.9 Å². The van der Waals surface area contributed by atoms with Crippen molar-refractivity contribution in [2.45, 2.75) is 32.7 Å². The summed E-state index contributed by atoms with van der Waals surface area (Å²) in [5.41, 5.74) is 3.36. The molecule has 2 N–H and O–H groups in total. The number of aromatic nitrogens is 4. The highest BCUT2D eigenvalue weighted by Gasteiger charge is 2.24.